The Labute approximate surface area is 213 Å². The van der Waals surface area contributed by atoms with Gasteiger partial charge in [-0.1, -0.05) is 63.3 Å². The maximum absolute atomic E-state index is 12.5. The molecule has 6 heteroatoms. The van der Waals surface area contributed by atoms with Gasteiger partial charge < -0.3 is 0 Å². The van der Waals surface area contributed by atoms with Crippen molar-refractivity contribution >= 4 is 9.84 Å². The Kier molecular flexibility index (Phi) is 10.3. The minimum atomic E-state index is -3.00. The van der Waals surface area contributed by atoms with Crippen LogP contribution < -0.4 is 0 Å². The van der Waals surface area contributed by atoms with Crippen LogP contribution in [-0.4, -0.2) is 46.9 Å². The van der Waals surface area contributed by atoms with Gasteiger partial charge in [-0.3, -0.25) is 4.90 Å². The first-order valence-electron chi connectivity index (χ1n) is 13.5. The fraction of sp³-hybridized carbons (Fsp3) is 0.655. The summed E-state index contributed by atoms with van der Waals surface area (Å²) in [5, 5.41) is 0. The molecule has 3 rings (SSSR count). The highest BCUT2D eigenvalue weighted by Crippen LogP contribution is 2.34. The molecule has 1 saturated carbocycles. The van der Waals surface area contributed by atoms with E-state index < -0.39 is 14.6 Å². The predicted molar refractivity (Wildman–Crippen MR) is 146 cm³/mol. The summed E-state index contributed by atoms with van der Waals surface area (Å²) in [7, 11) is -3.00. The maximum atomic E-state index is 12.5. The zero-order valence-electron chi connectivity index (χ0n) is 22.2. The molecule has 5 nitrogen and oxygen atoms in total. The summed E-state index contributed by atoms with van der Waals surface area (Å²) in [6.45, 7) is 10.9. The van der Waals surface area contributed by atoms with Crippen molar-refractivity contribution in [1.29, 1.82) is 0 Å². The van der Waals surface area contributed by atoms with E-state index >= 15 is 0 Å². The van der Waals surface area contributed by atoms with Gasteiger partial charge in [0.15, 0.2) is 15.7 Å². The summed E-state index contributed by atoms with van der Waals surface area (Å²) in [4.78, 5) is 11.2. The van der Waals surface area contributed by atoms with Crippen LogP contribution in [0.1, 0.15) is 84.6 Å². The number of nitrogens with zero attached hydrogens (tertiary/aromatic N) is 3. The fourth-order valence-corrected chi connectivity index (χ4v) is 6.46. The van der Waals surface area contributed by atoms with E-state index in [-0.39, 0.29) is 0 Å². The highest BCUT2D eigenvalue weighted by Gasteiger charge is 2.33. The number of aromatic nitrogens is 2. The Hall–Kier alpha value is -1.79. The number of sulfone groups is 1. The molecule has 0 spiro atoms. The van der Waals surface area contributed by atoms with Gasteiger partial charge in [0.25, 0.3) is 0 Å². The molecule has 0 radical (unpaired) electrons. The number of benzene rings is 1. The van der Waals surface area contributed by atoms with E-state index in [1.54, 1.807) is 12.4 Å². The standard InChI is InChI=1S/C29H45N3O2S/c1-5-32(22-25-15-17-27(18-16-25)28-30-19-9-20-31-28)21-8-6-7-10-24-11-13-26(14-12-24)23-35(33,34)29(2,3)4/h9,15-20,24,26H,5-8,10-14,21-23H2,1-4H3. The Bertz CT molecular complexity index is 977. The van der Waals surface area contributed by atoms with E-state index in [2.05, 4.69) is 46.1 Å². The van der Waals surface area contributed by atoms with Crippen molar-refractivity contribution in [3.8, 4) is 11.4 Å². The molecule has 0 atom stereocenters. The molecule has 1 aliphatic carbocycles. The quantitative estimate of drug-likeness (QED) is 0.310. The van der Waals surface area contributed by atoms with E-state index in [9.17, 15) is 8.42 Å². The lowest BCUT2D eigenvalue weighted by Crippen LogP contribution is -2.34. The van der Waals surface area contributed by atoms with Crippen molar-refractivity contribution in [2.24, 2.45) is 11.8 Å². The SMILES string of the molecule is CCN(CCCCCC1CCC(CS(=O)(=O)C(C)(C)C)CC1)Cc1ccc(-c2ncccn2)cc1. The Morgan fingerprint density at radius 2 is 1.54 bits per heavy atom. The lowest BCUT2D eigenvalue weighted by molar-refractivity contribution is 0.258. The number of rotatable bonds is 12. The molecule has 1 aromatic heterocycles. The molecule has 194 valence electrons. The third-order valence-electron chi connectivity index (χ3n) is 7.57. The van der Waals surface area contributed by atoms with Gasteiger partial charge in [-0.25, -0.2) is 18.4 Å². The highest BCUT2D eigenvalue weighted by atomic mass is 32.2. The first-order valence-corrected chi connectivity index (χ1v) is 15.1. The van der Waals surface area contributed by atoms with Crippen molar-refractivity contribution in [3.63, 3.8) is 0 Å². The first-order chi connectivity index (χ1) is 16.7. The lowest BCUT2D eigenvalue weighted by atomic mass is 9.80. The first kappa shape index (κ1) is 27.8. The molecule has 0 saturated heterocycles. The van der Waals surface area contributed by atoms with Crippen LogP contribution >= 0.6 is 0 Å². The van der Waals surface area contributed by atoms with Gasteiger partial charge >= 0.3 is 0 Å². The molecule has 1 aromatic carbocycles. The predicted octanol–water partition coefficient (Wildman–Crippen LogP) is 6.55. The lowest BCUT2D eigenvalue weighted by Gasteiger charge is -2.30. The Morgan fingerprint density at radius 3 is 2.14 bits per heavy atom. The second kappa shape index (κ2) is 13.0. The molecule has 1 aliphatic rings. The zero-order chi connectivity index (χ0) is 25.3. The van der Waals surface area contributed by atoms with Gasteiger partial charge in [0.2, 0.25) is 0 Å². The number of hydrogen-bond acceptors (Lipinski definition) is 5. The van der Waals surface area contributed by atoms with Crippen LogP contribution in [0.15, 0.2) is 42.7 Å². The minimum Gasteiger partial charge on any atom is -0.299 e. The maximum Gasteiger partial charge on any atom is 0.159 e. The molecule has 2 aromatic rings. The summed E-state index contributed by atoms with van der Waals surface area (Å²) in [6.07, 6.45) is 13.2. The van der Waals surface area contributed by atoms with Gasteiger partial charge in [0, 0.05) is 24.5 Å². The van der Waals surface area contributed by atoms with Crippen LogP contribution in [0, 0.1) is 11.8 Å². The summed E-state index contributed by atoms with van der Waals surface area (Å²) in [6, 6.07) is 10.5. The second-order valence-corrected chi connectivity index (χ2v) is 14.1. The normalized spacial score (nSPS) is 19.2. The van der Waals surface area contributed by atoms with E-state index in [0.29, 0.717) is 11.7 Å². The molecule has 1 heterocycles. The number of unbranched alkanes of at least 4 members (excludes halogenated alkanes) is 2. The van der Waals surface area contributed by atoms with Crippen LogP contribution in [0.2, 0.25) is 0 Å². The van der Waals surface area contributed by atoms with Crippen molar-refractivity contribution in [1.82, 2.24) is 14.9 Å². The molecular weight excluding hydrogens is 454 g/mol. The Morgan fingerprint density at radius 1 is 0.914 bits per heavy atom. The van der Waals surface area contributed by atoms with Crippen LogP contribution in [0.4, 0.5) is 0 Å². The molecule has 0 bridgehead atoms. The van der Waals surface area contributed by atoms with E-state index in [1.807, 2.05) is 26.8 Å². The third-order valence-corrected chi connectivity index (χ3v) is 10.3. The Balaban J connectivity index is 1.31. The minimum absolute atomic E-state index is 0.364. The van der Waals surface area contributed by atoms with E-state index in [1.165, 1.54) is 44.1 Å². The van der Waals surface area contributed by atoms with Crippen molar-refractivity contribution in [2.45, 2.75) is 90.4 Å². The zero-order valence-corrected chi connectivity index (χ0v) is 23.1. The molecular formula is C29H45N3O2S. The summed E-state index contributed by atoms with van der Waals surface area (Å²) in [5.41, 5.74) is 2.39. The molecule has 0 amide bonds. The highest BCUT2D eigenvalue weighted by molar-refractivity contribution is 7.92. The van der Waals surface area contributed by atoms with Gasteiger partial charge in [-0.15, -0.1) is 0 Å². The molecule has 0 aliphatic heterocycles. The average molecular weight is 500 g/mol. The number of hydrogen-bond donors (Lipinski definition) is 0. The summed E-state index contributed by atoms with van der Waals surface area (Å²) in [5.74, 6) is 2.30. The largest absolute Gasteiger partial charge is 0.299 e. The van der Waals surface area contributed by atoms with Gasteiger partial charge in [-0.05, 0) is 76.6 Å². The van der Waals surface area contributed by atoms with Crippen molar-refractivity contribution in [3.05, 3.63) is 48.3 Å². The van der Waals surface area contributed by atoms with Crippen LogP contribution in [0.25, 0.3) is 11.4 Å². The smallest absolute Gasteiger partial charge is 0.159 e. The molecule has 1 fully saturated rings. The average Bonchev–Trinajstić information content (AvgIpc) is 2.84. The van der Waals surface area contributed by atoms with E-state index in [4.69, 9.17) is 0 Å². The van der Waals surface area contributed by atoms with Crippen molar-refractivity contribution in [2.75, 3.05) is 18.8 Å². The van der Waals surface area contributed by atoms with Gasteiger partial charge in [0.1, 0.15) is 0 Å². The molecule has 0 unspecified atom stereocenters. The third kappa shape index (κ3) is 8.68. The topological polar surface area (TPSA) is 63.2 Å². The summed E-state index contributed by atoms with van der Waals surface area (Å²) >= 11 is 0. The van der Waals surface area contributed by atoms with Gasteiger partial charge in [0.05, 0.1) is 10.5 Å². The molecule has 0 N–H and O–H groups in total. The van der Waals surface area contributed by atoms with Crippen LogP contribution in [-0.2, 0) is 16.4 Å². The monoisotopic (exact) mass is 499 g/mol. The summed E-state index contributed by atoms with van der Waals surface area (Å²) < 4.78 is 24.4. The van der Waals surface area contributed by atoms with Crippen LogP contribution in [0.5, 0.6) is 0 Å². The molecule has 35 heavy (non-hydrogen) atoms. The van der Waals surface area contributed by atoms with Crippen molar-refractivity contribution < 1.29 is 8.42 Å². The second-order valence-electron chi connectivity index (χ2n) is 11.3. The van der Waals surface area contributed by atoms with Crippen LogP contribution in [0.3, 0.4) is 0 Å². The fourth-order valence-electron chi connectivity index (χ4n) is 5.01. The van der Waals surface area contributed by atoms with Gasteiger partial charge in [-0.2, -0.15) is 0 Å². The van der Waals surface area contributed by atoms with E-state index in [0.717, 1.165) is 49.8 Å².